The molecule has 0 aromatic carbocycles. The van der Waals surface area contributed by atoms with Crippen LogP contribution in [-0.2, 0) is 9.09 Å². The van der Waals surface area contributed by atoms with E-state index in [9.17, 15) is 9.67 Å². The summed E-state index contributed by atoms with van der Waals surface area (Å²) in [6.07, 6.45) is 9.49. The molecule has 24 heavy (non-hydrogen) atoms. The maximum Gasteiger partial charge on any atom is 0.470 e. The van der Waals surface area contributed by atoms with E-state index in [1.807, 2.05) is 0 Å². The van der Waals surface area contributed by atoms with Crippen LogP contribution in [0, 0.1) is 5.41 Å². The molecule has 0 amide bonds. The molecule has 0 spiro atoms. The summed E-state index contributed by atoms with van der Waals surface area (Å²) in [7, 11) is -4.43. The van der Waals surface area contributed by atoms with Gasteiger partial charge in [0, 0.05) is 0 Å². The van der Waals surface area contributed by atoms with E-state index in [1.165, 1.54) is 19.3 Å². The smallest absolute Gasteiger partial charge is 0.393 e. The fourth-order valence-corrected chi connectivity index (χ4v) is 3.57. The Morgan fingerprint density at radius 2 is 1.29 bits per heavy atom. The van der Waals surface area contributed by atoms with Crippen LogP contribution in [0.4, 0.5) is 0 Å². The van der Waals surface area contributed by atoms with Gasteiger partial charge in [-0.05, 0) is 44.9 Å². The lowest BCUT2D eigenvalue weighted by Crippen LogP contribution is -2.22. The van der Waals surface area contributed by atoms with Crippen LogP contribution in [-0.4, -0.2) is 26.6 Å². The van der Waals surface area contributed by atoms with Crippen LogP contribution in [0.2, 0.25) is 0 Å². The van der Waals surface area contributed by atoms with Gasteiger partial charge in [-0.3, -0.25) is 4.52 Å². The first kappa shape index (κ1) is 24.1. The van der Waals surface area contributed by atoms with Crippen LogP contribution in [0.15, 0.2) is 0 Å². The van der Waals surface area contributed by atoms with Crippen molar-refractivity contribution >= 4 is 7.82 Å². The molecule has 5 nitrogen and oxygen atoms in total. The van der Waals surface area contributed by atoms with Crippen LogP contribution >= 0.6 is 7.82 Å². The van der Waals surface area contributed by atoms with Crippen molar-refractivity contribution in [3.8, 4) is 0 Å². The molecule has 0 aliphatic heterocycles. The second kappa shape index (κ2) is 10.9. The SMILES string of the molecule is CC(C)(C)CCCCCC(O)CCCCCC(C)(C)OP(=O)(O)O. The van der Waals surface area contributed by atoms with E-state index in [1.54, 1.807) is 13.8 Å². The summed E-state index contributed by atoms with van der Waals surface area (Å²) >= 11 is 0. The summed E-state index contributed by atoms with van der Waals surface area (Å²) in [4.78, 5) is 17.7. The Morgan fingerprint density at radius 3 is 1.71 bits per heavy atom. The van der Waals surface area contributed by atoms with Crippen LogP contribution in [0.1, 0.15) is 98.8 Å². The number of aliphatic hydroxyl groups excluding tert-OH is 1. The first-order chi connectivity index (χ1) is 10.8. The summed E-state index contributed by atoms with van der Waals surface area (Å²) in [6.45, 7) is 10.2. The van der Waals surface area contributed by atoms with Gasteiger partial charge in [0.2, 0.25) is 0 Å². The Labute approximate surface area is 148 Å². The summed E-state index contributed by atoms with van der Waals surface area (Å²) in [6, 6.07) is 0. The van der Waals surface area contributed by atoms with Crippen molar-refractivity contribution < 1.29 is 24.0 Å². The van der Waals surface area contributed by atoms with Gasteiger partial charge in [-0.15, -0.1) is 0 Å². The third-order valence-corrected chi connectivity index (χ3v) is 4.88. The number of hydrogen-bond acceptors (Lipinski definition) is 3. The van der Waals surface area contributed by atoms with Gasteiger partial charge in [-0.2, -0.15) is 0 Å². The van der Waals surface area contributed by atoms with Gasteiger partial charge in [-0.1, -0.05) is 59.3 Å². The number of unbranched alkanes of at least 4 members (excludes halogenated alkanes) is 4. The fraction of sp³-hybridized carbons (Fsp3) is 1.00. The molecule has 0 rings (SSSR count). The maximum absolute atomic E-state index is 10.9. The molecule has 0 fully saturated rings. The Morgan fingerprint density at radius 1 is 0.833 bits per heavy atom. The fourth-order valence-electron chi connectivity index (χ4n) is 2.83. The Bertz CT molecular complexity index is 370. The van der Waals surface area contributed by atoms with Crippen molar-refractivity contribution in [1.29, 1.82) is 0 Å². The third kappa shape index (κ3) is 16.9. The molecule has 1 unspecified atom stereocenters. The quantitative estimate of drug-likeness (QED) is 0.309. The molecule has 3 N–H and O–H groups in total. The number of rotatable bonds is 13. The lowest BCUT2D eigenvalue weighted by atomic mass is 9.89. The second-order valence-corrected chi connectivity index (χ2v) is 9.92. The van der Waals surface area contributed by atoms with Crippen LogP contribution in [0.3, 0.4) is 0 Å². The number of phosphoric acid groups is 1. The van der Waals surface area contributed by atoms with Gasteiger partial charge in [0.1, 0.15) is 0 Å². The van der Waals surface area contributed by atoms with E-state index < -0.39 is 13.4 Å². The summed E-state index contributed by atoms with van der Waals surface area (Å²) in [5, 5.41) is 9.99. The van der Waals surface area contributed by atoms with Crippen molar-refractivity contribution in [3.63, 3.8) is 0 Å². The zero-order valence-corrected chi connectivity index (χ0v) is 17.1. The van der Waals surface area contributed by atoms with E-state index in [2.05, 4.69) is 20.8 Å². The predicted octanol–water partition coefficient (Wildman–Crippen LogP) is 5.18. The minimum absolute atomic E-state index is 0.223. The van der Waals surface area contributed by atoms with Crippen molar-refractivity contribution in [2.75, 3.05) is 0 Å². The minimum Gasteiger partial charge on any atom is -0.393 e. The Balaban J connectivity index is 3.62. The summed E-state index contributed by atoms with van der Waals surface area (Å²) < 4.78 is 15.6. The molecule has 0 radical (unpaired) electrons. The van der Waals surface area contributed by atoms with E-state index in [0.29, 0.717) is 11.8 Å². The van der Waals surface area contributed by atoms with Gasteiger partial charge in [0.15, 0.2) is 0 Å². The van der Waals surface area contributed by atoms with Crippen molar-refractivity contribution in [2.45, 2.75) is 111 Å². The van der Waals surface area contributed by atoms with Crippen LogP contribution < -0.4 is 0 Å². The molecule has 0 bridgehead atoms. The largest absolute Gasteiger partial charge is 0.470 e. The van der Waals surface area contributed by atoms with E-state index in [0.717, 1.165) is 38.5 Å². The minimum atomic E-state index is -4.43. The molecule has 146 valence electrons. The highest BCUT2D eigenvalue weighted by Gasteiger charge is 2.28. The summed E-state index contributed by atoms with van der Waals surface area (Å²) in [5.41, 5.74) is -0.416. The van der Waals surface area contributed by atoms with E-state index >= 15 is 0 Å². The summed E-state index contributed by atoms with van der Waals surface area (Å²) in [5.74, 6) is 0. The topological polar surface area (TPSA) is 87.0 Å². The van der Waals surface area contributed by atoms with Gasteiger partial charge in [0.25, 0.3) is 0 Å². The van der Waals surface area contributed by atoms with Gasteiger partial charge in [-0.25, -0.2) is 4.57 Å². The molecule has 1 atom stereocenters. The van der Waals surface area contributed by atoms with Crippen molar-refractivity contribution in [2.24, 2.45) is 5.41 Å². The van der Waals surface area contributed by atoms with Gasteiger partial charge < -0.3 is 14.9 Å². The first-order valence-electron chi connectivity index (χ1n) is 9.25. The number of phosphoric ester groups is 1. The molecule has 0 aliphatic rings. The first-order valence-corrected chi connectivity index (χ1v) is 10.8. The molecule has 6 heteroatoms. The standard InChI is InChI=1S/C18H39O5P/c1-17(2,3)14-10-6-8-12-16(19)13-9-7-11-15-18(4,5)23-24(20,21)22/h16,19H,6-15H2,1-5H3,(H2,20,21,22). The third-order valence-electron chi connectivity index (χ3n) is 4.15. The average Bonchev–Trinajstić information content (AvgIpc) is 2.33. The maximum atomic E-state index is 10.9. The Kier molecular flexibility index (Phi) is 11.0. The lowest BCUT2D eigenvalue weighted by Gasteiger charge is -2.25. The molecule has 0 saturated heterocycles. The zero-order valence-electron chi connectivity index (χ0n) is 16.3. The lowest BCUT2D eigenvalue weighted by molar-refractivity contribution is 0.0554. The van der Waals surface area contributed by atoms with Crippen LogP contribution in [0.25, 0.3) is 0 Å². The highest BCUT2D eigenvalue weighted by Crippen LogP contribution is 2.42. The normalized spacial score (nSPS) is 14.8. The molecule has 0 heterocycles. The molecule has 0 aliphatic carbocycles. The van der Waals surface area contributed by atoms with Crippen molar-refractivity contribution in [3.05, 3.63) is 0 Å². The molecule has 0 aromatic rings. The predicted molar refractivity (Wildman–Crippen MR) is 98.8 cm³/mol. The highest BCUT2D eigenvalue weighted by molar-refractivity contribution is 7.46. The molecular weight excluding hydrogens is 327 g/mol. The molecule has 0 aromatic heterocycles. The number of hydrogen-bond donors (Lipinski definition) is 3. The van der Waals surface area contributed by atoms with Crippen molar-refractivity contribution in [1.82, 2.24) is 0 Å². The molecule has 0 saturated carbocycles. The molecular formula is C18H39O5P. The highest BCUT2D eigenvalue weighted by atomic mass is 31.2. The number of aliphatic hydroxyl groups is 1. The average molecular weight is 366 g/mol. The zero-order chi connectivity index (χ0) is 18.9. The monoisotopic (exact) mass is 366 g/mol. The van der Waals surface area contributed by atoms with Crippen LogP contribution in [0.5, 0.6) is 0 Å². The van der Waals surface area contributed by atoms with E-state index in [4.69, 9.17) is 14.3 Å². The van der Waals surface area contributed by atoms with E-state index in [-0.39, 0.29) is 6.10 Å². The van der Waals surface area contributed by atoms with Gasteiger partial charge in [0.05, 0.1) is 11.7 Å². The Hall–Kier alpha value is 0.0700. The second-order valence-electron chi connectivity index (χ2n) is 8.75. The van der Waals surface area contributed by atoms with Gasteiger partial charge >= 0.3 is 7.82 Å².